The summed E-state index contributed by atoms with van der Waals surface area (Å²) in [6.45, 7) is 0.490. The number of nitrogens with zero attached hydrogens (tertiary/aromatic N) is 1. The molecule has 1 aliphatic heterocycles. The minimum Gasteiger partial charge on any atom is -0.352 e. The summed E-state index contributed by atoms with van der Waals surface area (Å²) in [5, 5.41) is 2.71. The largest absolute Gasteiger partial charge is 0.352 e. The van der Waals surface area contributed by atoms with Crippen molar-refractivity contribution in [2.45, 2.75) is 6.04 Å². The summed E-state index contributed by atoms with van der Waals surface area (Å²) in [6, 6.07) is 18.1. The molecule has 3 aromatic carbocycles. The molecule has 3 aromatic rings. The molecule has 4 nitrogen and oxygen atoms in total. The van der Waals surface area contributed by atoms with E-state index >= 15 is 0 Å². The second-order valence-corrected chi connectivity index (χ2v) is 6.80. The lowest BCUT2D eigenvalue weighted by atomic mass is 9.99. The quantitative estimate of drug-likeness (QED) is 0.734. The highest BCUT2D eigenvalue weighted by atomic mass is 19.1. The average Bonchev–Trinajstić information content (AvgIpc) is 2.75. The highest BCUT2D eigenvalue weighted by Gasteiger charge is 2.35. The molecule has 4 rings (SSSR count). The van der Waals surface area contributed by atoms with E-state index in [1.165, 1.54) is 41.3 Å². The standard InChI is InChI=1S/C23H18F2N2O2/c24-18-9-6-16(7-10-18)21-22(28)26-12-13-27(21)23(29)19-14-17(8-11-20(19)25)15-4-2-1-3-5-15/h1-11,14,21H,12-13H2,(H,26,28). The van der Waals surface area contributed by atoms with Crippen LogP contribution in [0.3, 0.4) is 0 Å². The maximum absolute atomic E-state index is 14.6. The number of amides is 2. The van der Waals surface area contributed by atoms with Crippen LogP contribution in [0.1, 0.15) is 22.0 Å². The predicted molar refractivity (Wildman–Crippen MR) is 105 cm³/mol. The van der Waals surface area contributed by atoms with Crippen LogP contribution in [0.15, 0.2) is 72.8 Å². The van der Waals surface area contributed by atoms with Gasteiger partial charge in [-0.2, -0.15) is 0 Å². The fraction of sp³-hybridized carbons (Fsp3) is 0.130. The second kappa shape index (κ2) is 7.83. The van der Waals surface area contributed by atoms with Crippen molar-refractivity contribution in [3.63, 3.8) is 0 Å². The first-order valence-corrected chi connectivity index (χ1v) is 9.24. The fourth-order valence-electron chi connectivity index (χ4n) is 3.52. The molecule has 0 saturated carbocycles. The highest BCUT2D eigenvalue weighted by molar-refractivity contribution is 5.99. The van der Waals surface area contributed by atoms with Crippen molar-refractivity contribution in [3.05, 3.63) is 95.6 Å². The first-order valence-electron chi connectivity index (χ1n) is 9.24. The van der Waals surface area contributed by atoms with Crippen molar-refractivity contribution in [2.75, 3.05) is 13.1 Å². The molecule has 29 heavy (non-hydrogen) atoms. The third kappa shape index (κ3) is 3.74. The zero-order valence-electron chi connectivity index (χ0n) is 15.4. The Morgan fingerprint density at radius 3 is 2.38 bits per heavy atom. The van der Waals surface area contributed by atoms with Gasteiger partial charge in [0.1, 0.15) is 17.7 Å². The Balaban J connectivity index is 1.72. The summed E-state index contributed by atoms with van der Waals surface area (Å²) in [5.41, 5.74) is 1.92. The molecule has 0 radical (unpaired) electrons. The molecule has 1 N–H and O–H groups in total. The zero-order valence-corrected chi connectivity index (χ0v) is 15.4. The van der Waals surface area contributed by atoms with E-state index < -0.39 is 23.6 Å². The monoisotopic (exact) mass is 392 g/mol. The summed E-state index contributed by atoms with van der Waals surface area (Å²) >= 11 is 0. The second-order valence-electron chi connectivity index (χ2n) is 6.80. The smallest absolute Gasteiger partial charge is 0.257 e. The van der Waals surface area contributed by atoms with Gasteiger partial charge in [0.05, 0.1) is 5.56 Å². The third-order valence-electron chi connectivity index (χ3n) is 4.96. The maximum Gasteiger partial charge on any atom is 0.257 e. The lowest BCUT2D eigenvalue weighted by Gasteiger charge is -2.35. The number of halogens is 2. The Bertz CT molecular complexity index is 1050. The Morgan fingerprint density at radius 2 is 1.66 bits per heavy atom. The first kappa shape index (κ1) is 18.8. The molecule has 0 aliphatic carbocycles. The van der Waals surface area contributed by atoms with Crippen LogP contribution < -0.4 is 5.32 Å². The Labute approximate surface area is 166 Å². The van der Waals surface area contributed by atoms with Gasteiger partial charge < -0.3 is 10.2 Å². The average molecular weight is 392 g/mol. The summed E-state index contributed by atoms with van der Waals surface area (Å²) in [5.74, 6) is -2.05. The van der Waals surface area contributed by atoms with E-state index in [-0.39, 0.29) is 24.6 Å². The van der Waals surface area contributed by atoms with Crippen LogP contribution >= 0.6 is 0 Å². The molecule has 0 bridgehead atoms. The summed E-state index contributed by atoms with van der Waals surface area (Å²) < 4.78 is 27.9. The van der Waals surface area contributed by atoms with E-state index in [9.17, 15) is 18.4 Å². The number of hydrogen-bond acceptors (Lipinski definition) is 2. The van der Waals surface area contributed by atoms with Gasteiger partial charge in [-0.25, -0.2) is 8.78 Å². The van der Waals surface area contributed by atoms with Crippen molar-refractivity contribution < 1.29 is 18.4 Å². The molecule has 6 heteroatoms. The number of carbonyl (C=O) groups is 2. The van der Waals surface area contributed by atoms with Gasteiger partial charge in [-0.05, 0) is 41.0 Å². The van der Waals surface area contributed by atoms with Gasteiger partial charge in [0.2, 0.25) is 5.91 Å². The predicted octanol–water partition coefficient (Wildman–Crippen LogP) is 3.95. The Hall–Kier alpha value is -3.54. The molecule has 2 amide bonds. The van der Waals surface area contributed by atoms with E-state index in [4.69, 9.17) is 0 Å². The van der Waals surface area contributed by atoms with Crippen LogP contribution in [-0.4, -0.2) is 29.8 Å². The highest BCUT2D eigenvalue weighted by Crippen LogP contribution is 2.28. The van der Waals surface area contributed by atoms with Crippen LogP contribution in [0, 0.1) is 11.6 Å². The van der Waals surface area contributed by atoms with E-state index in [1.807, 2.05) is 30.3 Å². The van der Waals surface area contributed by atoms with Crippen LogP contribution in [0.5, 0.6) is 0 Å². The normalized spacial score (nSPS) is 16.4. The molecular weight excluding hydrogens is 374 g/mol. The zero-order chi connectivity index (χ0) is 20.4. The third-order valence-corrected chi connectivity index (χ3v) is 4.96. The van der Waals surface area contributed by atoms with Crippen LogP contribution in [0.25, 0.3) is 11.1 Å². The minimum atomic E-state index is -0.948. The first-order chi connectivity index (χ1) is 14.0. The number of piperazine rings is 1. The van der Waals surface area contributed by atoms with Gasteiger partial charge in [-0.15, -0.1) is 0 Å². The lowest BCUT2D eigenvalue weighted by Crippen LogP contribution is -2.52. The minimum absolute atomic E-state index is 0.104. The molecular formula is C23H18F2N2O2. The van der Waals surface area contributed by atoms with Crippen molar-refractivity contribution in [1.29, 1.82) is 0 Å². The summed E-state index contributed by atoms with van der Waals surface area (Å²) in [7, 11) is 0. The van der Waals surface area contributed by atoms with Crippen LogP contribution in [-0.2, 0) is 4.79 Å². The number of rotatable bonds is 3. The molecule has 0 spiro atoms. The molecule has 1 fully saturated rings. The summed E-state index contributed by atoms with van der Waals surface area (Å²) in [6.07, 6.45) is 0. The Morgan fingerprint density at radius 1 is 0.931 bits per heavy atom. The Kier molecular flexibility index (Phi) is 5.08. The van der Waals surface area contributed by atoms with Crippen molar-refractivity contribution in [1.82, 2.24) is 10.2 Å². The molecule has 1 aliphatic rings. The molecule has 146 valence electrons. The lowest BCUT2D eigenvalue weighted by molar-refractivity contribution is -0.128. The van der Waals surface area contributed by atoms with E-state index in [0.717, 1.165) is 5.56 Å². The number of hydrogen-bond donors (Lipinski definition) is 1. The van der Waals surface area contributed by atoms with E-state index in [2.05, 4.69) is 5.32 Å². The van der Waals surface area contributed by atoms with Crippen molar-refractivity contribution in [3.8, 4) is 11.1 Å². The van der Waals surface area contributed by atoms with Gasteiger partial charge in [0, 0.05) is 13.1 Å². The van der Waals surface area contributed by atoms with Crippen molar-refractivity contribution >= 4 is 11.8 Å². The number of nitrogens with one attached hydrogen (secondary N) is 1. The molecule has 1 unspecified atom stereocenters. The molecule has 1 atom stereocenters. The number of carbonyl (C=O) groups excluding carboxylic acids is 2. The fourth-order valence-corrected chi connectivity index (χ4v) is 3.52. The molecule has 1 heterocycles. The maximum atomic E-state index is 14.6. The van der Waals surface area contributed by atoms with Gasteiger partial charge >= 0.3 is 0 Å². The number of benzene rings is 3. The van der Waals surface area contributed by atoms with Gasteiger partial charge in [0.25, 0.3) is 5.91 Å². The topological polar surface area (TPSA) is 49.4 Å². The molecule has 1 saturated heterocycles. The van der Waals surface area contributed by atoms with Crippen molar-refractivity contribution in [2.24, 2.45) is 0 Å². The van der Waals surface area contributed by atoms with Gasteiger partial charge in [0.15, 0.2) is 0 Å². The summed E-state index contributed by atoms with van der Waals surface area (Å²) in [4.78, 5) is 27.1. The van der Waals surface area contributed by atoms with Gasteiger partial charge in [-0.1, -0.05) is 48.5 Å². The van der Waals surface area contributed by atoms with Gasteiger partial charge in [-0.3, -0.25) is 9.59 Å². The van der Waals surface area contributed by atoms with E-state index in [0.29, 0.717) is 11.1 Å². The SMILES string of the molecule is O=C1NCCN(C(=O)c2cc(-c3ccccc3)ccc2F)C1c1ccc(F)cc1. The molecule has 0 aromatic heterocycles. The van der Waals surface area contributed by atoms with Crippen LogP contribution in [0.4, 0.5) is 8.78 Å². The van der Waals surface area contributed by atoms with Crippen LogP contribution in [0.2, 0.25) is 0 Å². The van der Waals surface area contributed by atoms with E-state index in [1.54, 1.807) is 6.07 Å².